The van der Waals surface area contributed by atoms with Crippen LogP contribution in [0.1, 0.15) is 40.9 Å². The maximum atomic E-state index is 14.2. The number of methoxy groups -OCH3 is 1. The van der Waals surface area contributed by atoms with Crippen LogP contribution in [0.3, 0.4) is 0 Å². The fourth-order valence-electron chi connectivity index (χ4n) is 5.29. The summed E-state index contributed by atoms with van der Waals surface area (Å²) >= 11 is 8.26. The summed E-state index contributed by atoms with van der Waals surface area (Å²) in [4.78, 5) is 27.6. The standard InChI is InChI=1S/C30H34ClN5O2S/c1-32-22-10-12-23(13-11-22)36(29(37)28-27(31)24-7-5-6-8-26(24)39-28)18-20-15-19(9-14-25(20)38-4)21-16-33-30(34-17-21)35(2)3/h5-9,14-17,22-23,32H,10-13,18H2,1-4H3/t22-,23+. The van der Waals surface area contributed by atoms with Crippen LogP contribution in [-0.4, -0.2) is 61.1 Å². The second-order valence-electron chi connectivity index (χ2n) is 10.2. The SMILES string of the molecule is CN[C@H]1CC[C@@H](N(Cc2cc(-c3cnc(N(C)C)nc3)ccc2OC)C(=O)c2sc3ccccc3c2Cl)CC1. The Balaban J connectivity index is 1.51. The molecule has 0 saturated heterocycles. The van der Waals surface area contributed by atoms with Crippen LogP contribution in [0.4, 0.5) is 5.95 Å². The molecule has 2 heterocycles. The first kappa shape index (κ1) is 27.4. The molecule has 0 spiro atoms. The van der Waals surface area contributed by atoms with Crippen molar-refractivity contribution in [2.45, 2.75) is 44.3 Å². The Morgan fingerprint density at radius 1 is 1.08 bits per heavy atom. The van der Waals surface area contributed by atoms with Gasteiger partial charge < -0.3 is 19.9 Å². The zero-order valence-corrected chi connectivity index (χ0v) is 24.4. The summed E-state index contributed by atoms with van der Waals surface area (Å²) in [6.45, 7) is 0.423. The minimum Gasteiger partial charge on any atom is -0.496 e. The number of ether oxygens (including phenoxy) is 1. The predicted molar refractivity (Wildman–Crippen MR) is 160 cm³/mol. The molecule has 9 heteroatoms. The lowest BCUT2D eigenvalue weighted by atomic mass is 9.89. The van der Waals surface area contributed by atoms with E-state index >= 15 is 0 Å². The third-order valence-electron chi connectivity index (χ3n) is 7.53. The van der Waals surface area contributed by atoms with Gasteiger partial charge in [-0.1, -0.05) is 35.9 Å². The highest BCUT2D eigenvalue weighted by Crippen LogP contribution is 2.38. The van der Waals surface area contributed by atoms with Gasteiger partial charge in [0.2, 0.25) is 5.95 Å². The van der Waals surface area contributed by atoms with Crippen molar-refractivity contribution in [3.8, 4) is 16.9 Å². The zero-order chi connectivity index (χ0) is 27.5. The first-order valence-corrected chi connectivity index (χ1v) is 14.4. The van der Waals surface area contributed by atoms with E-state index in [1.54, 1.807) is 7.11 Å². The summed E-state index contributed by atoms with van der Waals surface area (Å²) in [6.07, 6.45) is 7.57. The number of anilines is 1. The minimum atomic E-state index is -0.0276. The van der Waals surface area contributed by atoms with Crippen LogP contribution < -0.4 is 15.0 Å². The molecule has 2 aromatic carbocycles. The highest BCUT2D eigenvalue weighted by Gasteiger charge is 2.32. The van der Waals surface area contributed by atoms with Gasteiger partial charge in [0.1, 0.15) is 10.6 Å². The van der Waals surface area contributed by atoms with Crippen molar-refractivity contribution in [2.75, 3.05) is 33.2 Å². The normalized spacial score (nSPS) is 17.3. The Labute approximate surface area is 238 Å². The summed E-state index contributed by atoms with van der Waals surface area (Å²) < 4.78 is 6.78. The third-order valence-corrected chi connectivity index (χ3v) is 9.19. The first-order valence-electron chi connectivity index (χ1n) is 13.2. The van der Waals surface area contributed by atoms with Crippen LogP contribution >= 0.6 is 22.9 Å². The average Bonchev–Trinajstić information content (AvgIpc) is 3.32. The molecule has 1 aliphatic carbocycles. The third kappa shape index (κ3) is 5.73. The first-order chi connectivity index (χ1) is 18.9. The lowest BCUT2D eigenvalue weighted by Gasteiger charge is -2.37. The highest BCUT2D eigenvalue weighted by molar-refractivity contribution is 7.21. The number of amides is 1. The molecule has 0 atom stereocenters. The Bertz CT molecular complexity index is 1450. The van der Waals surface area contributed by atoms with Gasteiger partial charge in [0, 0.05) is 66.3 Å². The van der Waals surface area contributed by atoms with E-state index in [-0.39, 0.29) is 11.9 Å². The van der Waals surface area contributed by atoms with Gasteiger partial charge >= 0.3 is 0 Å². The van der Waals surface area contributed by atoms with Gasteiger partial charge in [-0.25, -0.2) is 9.97 Å². The number of rotatable bonds is 8. The molecule has 5 rings (SSSR count). The number of aromatic nitrogens is 2. The molecular weight excluding hydrogens is 530 g/mol. The molecule has 2 aromatic heterocycles. The molecule has 0 unspecified atom stereocenters. The van der Waals surface area contributed by atoms with Crippen molar-refractivity contribution >= 4 is 44.9 Å². The summed E-state index contributed by atoms with van der Waals surface area (Å²) in [5.41, 5.74) is 2.82. The lowest BCUT2D eigenvalue weighted by Crippen LogP contribution is -2.44. The van der Waals surface area contributed by atoms with Crippen molar-refractivity contribution in [3.05, 3.63) is 70.3 Å². The molecule has 0 aliphatic heterocycles. The van der Waals surface area contributed by atoms with Crippen LogP contribution in [0.15, 0.2) is 54.9 Å². The van der Waals surface area contributed by atoms with Crippen LogP contribution in [-0.2, 0) is 6.54 Å². The van der Waals surface area contributed by atoms with Crippen molar-refractivity contribution in [1.29, 1.82) is 0 Å². The molecule has 1 saturated carbocycles. The molecular formula is C30H34ClN5O2S. The number of carbonyl (C=O) groups is 1. The Morgan fingerprint density at radius 2 is 1.79 bits per heavy atom. The number of benzene rings is 2. The highest BCUT2D eigenvalue weighted by atomic mass is 35.5. The number of hydrogen-bond donors (Lipinski definition) is 1. The zero-order valence-electron chi connectivity index (χ0n) is 22.8. The smallest absolute Gasteiger partial charge is 0.266 e. The second kappa shape index (κ2) is 11.9. The largest absolute Gasteiger partial charge is 0.496 e. The van der Waals surface area contributed by atoms with E-state index in [1.165, 1.54) is 11.3 Å². The number of nitrogens with one attached hydrogen (secondary N) is 1. The van der Waals surface area contributed by atoms with Gasteiger partial charge in [-0.2, -0.15) is 0 Å². The molecule has 1 amide bonds. The van der Waals surface area contributed by atoms with Crippen molar-refractivity contribution in [2.24, 2.45) is 0 Å². The van der Waals surface area contributed by atoms with Gasteiger partial charge in [-0.3, -0.25) is 4.79 Å². The molecule has 0 radical (unpaired) electrons. The van der Waals surface area contributed by atoms with Gasteiger partial charge in [0.15, 0.2) is 0 Å². The van der Waals surface area contributed by atoms with Crippen LogP contribution in [0.25, 0.3) is 21.2 Å². The van der Waals surface area contributed by atoms with Gasteiger partial charge in [-0.15, -0.1) is 11.3 Å². The maximum absolute atomic E-state index is 14.2. The quantitative estimate of drug-likeness (QED) is 0.273. The fourth-order valence-corrected chi connectivity index (χ4v) is 6.76. The Kier molecular flexibility index (Phi) is 8.35. The van der Waals surface area contributed by atoms with E-state index in [0.717, 1.165) is 58.2 Å². The van der Waals surface area contributed by atoms with Gasteiger partial charge in [0.25, 0.3) is 5.91 Å². The van der Waals surface area contributed by atoms with E-state index < -0.39 is 0 Å². The van der Waals surface area contributed by atoms with Gasteiger partial charge in [-0.05, 0) is 56.5 Å². The fraction of sp³-hybridized carbons (Fsp3) is 0.367. The van der Waals surface area contributed by atoms with Crippen LogP contribution in [0, 0.1) is 0 Å². The lowest BCUT2D eigenvalue weighted by molar-refractivity contribution is 0.0604. The topological polar surface area (TPSA) is 70.6 Å². The molecule has 204 valence electrons. The number of halogens is 1. The number of carbonyl (C=O) groups excluding carboxylic acids is 1. The molecule has 1 fully saturated rings. The number of nitrogens with zero attached hydrogens (tertiary/aromatic N) is 4. The van der Waals surface area contributed by atoms with Crippen LogP contribution in [0.2, 0.25) is 5.02 Å². The molecule has 39 heavy (non-hydrogen) atoms. The van der Waals surface area contributed by atoms with Crippen molar-refractivity contribution in [1.82, 2.24) is 20.2 Å². The van der Waals surface area contributed by atoms with Gasteiger partial charge in [0.05, 0.1) is 12.1 Å². The summed E-state index contributed by atoms with van der Waals surface area (Å²) in [6, 6.07) is 14.6. The molecule has 0 bridgehead atoms. The molecule has 7 nitrogen and oxygen atoms in total. The number of thiophene rings is 1. The van der Waals surface area contributed by atoms with Crippen molar-refractivity contribution in [3.63, 3.8) is 0 Å². The Hall–Kier alpha value is -3.20. The number of fused-ring (bicyclic) bond motifs is 1. The van der Waals surface area contributed by atoms with E-state index in [2.05, 4.69) is 21.4 Å². The van der Waals surface area contributed by atoms with E-state index in [9.17, 15) is 4.79 Å². The summed E-state index contributed by atoms with van der Waals surface area (Å²) in [5.74, 6) is 1.37. The minimum absolute atomic E-state index is 0.0276. The average molecular weight is 564 g/mol. The molecule has 1 aliphatic rings. The Morgan fingerprint density at radius 3 is 2.44 bits per heavy atom. The van der Waals surface area contributed by atoms with E-state index in [1.807, 2.05) is 79.7 Å². The monoisotopic (exact) mass is 563 g/mol. The maximum Gasteiger partial charge on any atom is 0.266 e. The molecule has 4 aromatic rings. The van der Waals surface area contributed by atoms with E-state index in [4.69, 9.17) is 16.3 Å². The predicted octanol–water partition coefficient (Wildman–Crippen LogP) is 6.26. The molecule has 1 N–H and O–H groups in total. The number of hydrogen-bond acceptors (Lipinski definition) is 7. The second-order valence-corrected chi connectivity index (χ2v) is 11.6. The summed E-state index contributed by atoms with van der Waals surface area (Å²) in [7, 11) is 7.51. The van der Waals surface area contributed by atoms with Crippen LogP contribution in [0.5, 0.6) is 5.75 Å². The van der Waals surface area contributed by atoms with Crippen molar-refractivity contribution < 1.29 is 9.53 Å². The van der Waals surface area contributed by atoms with E-state index in [0.29, 0.717) is 28.4 Å². The summed E-state index contributed by atoms with van der Waals surface area (Å²) in [5, 5.41) is 4.86.